The van der Waals surface area contributed by atoms with Gasteiger partial charge in [-0.1, -0.05) is 18.6 Å². The van der Waals surface area contributed by atoms with Crippen molar-refractivity contribution < 1.29 is 9.21 Å². The van der Waals surface area contributed by atoms with E-state index in [1.54, 1.807) is 17.6 Å². The molecule has 0 radical (unpaired) electrons. The van der Waals surface area contributed by atoms with Gasteiger partial charge in [0, 0.05) is 13.0 Å². The van der Waals surface area contributed by atoms with Crippen LogP contribution in [0.3, 0.4) is 0 Å². The van der Waals surface area contributed by atoms with Gasteiger partial charge in [0.2, 0.25) is 5.91 Å². The van der Waals surface area contributed by atoms with Gasteiger partial charge in [-0.15, -0.1) is 11.3 Å². The molecule has 2 aromatic heterocycles. The molecular formula is C23H29N3O2S. The van der Waals surface area contributed by atoms with Crippen LogP contribution in [-0.2, 0) is 11.2 Å². The zero-order valence-corrected chi connectivity index (χ0v) is 17.6. The van der Waals surface area contributed by atoms with E-state index in [1.807, 2.05) is 18.2 Å². The molecular weight excluding hydrogens is 382 g/mol. The predicted octanol–water partition coefficient (Wildman–Crippen LogP) is 4.95. The van der Waals surface area contributed by atoms with Crippen LogP contribution in [0.15, 0.2) is 47.1 Å². The Balaban J connectivity index is 1.21. The van der Waals surface area contributed by atoms with E-state index in [4.69, 9.17) is 4.42 Å². The first-order valence-corrected chi connectivity index (χ1v) is 11.5. The van der Waals surface area contributed by atoms with Gasteiger partial charge < -0.3 is 9.73 Å². The molecule has 1 aliphatic heterocycles. The Hall–Kier alpha value is -2.18. The van der Waals surface area contributed by atoms with Crippen molar-refractivity contribution >= 4 is 27.5 Å². The van der Waals surface area contributed by atoms with Crippen molar-refractivity contribution in [2.24, 2.45) is 0 Å². The number of piperidine rings is 1. The Bertz CT molecular complexity index is 867. The molecule has 3 aromatic rings. The summed E-state index contributed by atoms with van der Waals surface area (Å²) >= 11 is 1.76. The highest BCUT2D eigenvalue weighted by atomic mass is 32.1. The normalized spacial score (nSPS) is 16.1. The number of carbonyl (C=O) groups excluding carboxylic acids is 1. The second-order valence-corrected chi connectivity index (χ2v) is 8.83. The predicted molar refractivity (Wildman–Crippen MR) is 117 cm³/mol. The number of thiazole rings is 1. The molecule has 1 atom stereocenters. The lowest BCUT2D eigenvalue weighted by molar-refractivity contribution is -0.121. The summed E-state index contributed by atoms with van der Waals surface area (Å²) in [7, 11) is 0. The van der Waals surface area contributed by atoms with Gasteiger partial charge in [0.15, 0.2) is 0 Å². The smallest absolute Gasteiger partial charge is 0.220 e. The van der Waals surface area contributed by atoms with Gasteiger partial charge >= 0.3 is 0 Å². The Labute approximate surface area is 176 Å². The fraction of sp³-hybridized carbons (Fsp3) is 0.478. The summed E-state index contributed by atoms with van der Waals surface area (Å²) in [6, 6.07) is 12.3. The van der Waals surface area contributed by atoms with Gasteiger partial charge in [0.05, 0.1) is 27.5 Å². The average Bonchev–Trinajstić information content (AvgIpc) is 3.42. The van der Waals surface area contributed by atoms with Crippen LogP contribution in [0, 0.1) is 0 Å². The number of hydrogen-bond acceptors (Lipinski definition) is 5. The molecule has 6 heteroatoms. The van der Waals surface area contributed by atoms with Crippen LogP contribution in [0.25, 0.3) is 10.2 Å². The van der Waals surface area contributed by atoms with E-state index in [0.717, 1.165) is 48.6 Å². The molecule has 3 heterocycles. The standard InChI is InChI=1S/C23H29N3O2S/c27-22(12-4-5-13-23-25-18-9-2-3-11-21(18)29-23)24-17-19(20-10-8-16-28-20)26-14-6-1-7-15-26/h2-3,8-11,16,19H,1,4-7,12-15,17H2,(H,24,27). The molecule has 4 rings (SSSR count). The molecule has 1 N–H and O–H groups in total. The molecule has 1 amide bonds. The Morgan fingerprint density at radius 2 is 2.00 bits per heavy atom. The molecule has 5 nitrogen and oxygen atoms in total. The van der Waals surface area contributed by atoms with Crippen LogP contribution in [0.1, 0.15) is 55.3 Å². The van der Waals surface area contributed by atoms with E-state index in [9.17, 15) is 4.79 Å². The van der Waals surface area contributed by atoms with Crippen LogP contribution in [0.2, 0.25) is 0 Å². The molecule has 29 heavy (non-hydrogen) atoms. The van der Waals surface area contributed by atoms with Gasteiger partial charge in [-0.05, 0) is 69.5 Å². The highest BCUT2D eigenvalue weighted by Gasteiger charge is 2.24. The molecule has 1 unspecified atom stereocenters. The molecule has 1 fully saturated rings. The number of aromatic nitrogens is 1. The van der Waals surface area contributed by atoms with Gasteiger partial charge in [-0.25, -0.2) is 4.98 Å². The lowest BCUT2D eigenvalue weighted by Gasteiger charge is -2.33. The van der Waals surface area contributed by atoms with Crippen molar-refractivity contribution in [2.75, 3.05) is 19.6 Å². The molecule has 0 bridgehead atoms. The van der Waals surface area contributed by atoms with Crippen molar-refractivity contribution in [2.45, 2.75) is 51.0 Å². The summed E-state index contributed by atoms with van der Waals surface area (Å²) in [6.45, 7) is 2.76. The monoisotopic (exact) mass is 411 g/mol. The quantitative estimate of drug-likeness (QED) is 0.506. The molecule has 1 aromatic carbocycles. The zero-order valence-electron chi connectivity index (χ0n) is 16.8. The number of nitrogens with one attached hydrogen (secondary N) is 1. The van der Waals surface area contributed by atoms with E-state index in [-0.39, 0.29) is 11.9 Å². The van der Waals surface area contributed by atoms with Crippen LogP contribution in [0.5, 0.6) is 0 Å². The third kappa shape index (κ3) is 5.46. The molecule has 0 saturated carbocycles. The van der Waals surface area contributed by atoms with Gasteiger partial charge in [-0.3, -0.25) is 9.69 Å². The average molecular weight is 412 g/mol. The first kappa shape index (κ1) is 20.1. The summed E-state index contributed by atoms with van der Waals surface area (Å²) in [5.41, 5.74) is 1.08. The summed E-state index contributed by atoms with van der Waals surface area (Å²) in [6.07, 6.45) is 8.83. The summed E-state index contributed by atoms with van der Waals surface area (Å²) < 4.78 is 6.89. The highest BCUT2D eigenvalue weighted by molar-refractivity contribution is 7.18. The zero-order chi connectivity index (χ0) is 19.9. The van der Waals surface area contributed by atoms with Gasteiger partial charge in [0.1, 0.15) is 5.76 Å². The highest BCUT2D eigenvalue weighted by Crippen LogP contribution is 2.25. The largest absolute Gasteiger partial charge is 0.468 e. The van der Waals surface area contributed by atoms with E-state index in [2.05, 4.69) is 33.4 Å². The summed E-state index contributed by atoms with van der Waals surface area (Å²) in [4.78, 5) is 19.5. The first-order valence-electron chi connectivity index (χ1n) is 10.7. The number of unbranched alkanes of at least 4 members (excludes halogenated alkanes) is 1. The third-order valence-electron chi connectivity index (χ3n) is 5.58. The number of carbonyl (C=O) groups is 1. The maximum absolute atomic E-state index is 12.4. The molecule has 154 valence electrons. The van der Waals surface area contributed by atoms with E-state index in [0.29, 0.717) is 13.0 Å². The van der Waals surface area contributed by atoms with E-state index >= 15 is 0 Å². The van der Waals surface area contributed by atoms with E-state index < -0.39 is 0 Å². The van der Waals surface area contributed by atoms with Crippen LogP contribution < -0.4 is 5.32 Å². The summed E-state index contributed by atoms with van der Waals surface area (Å²) in [5, 5.41) is 4.30. The number of furan rings is 1. The van der Waals surface area contributed by atoms with Crippen LogP contribution in [0.4, 0.5) is 0 Å². The van der Waals surface area contributed by atoms with Crippen molar-refractivity contribution in [3.63, 3.8) is 0 Å². The number of rotatable bonds is 9. The number of amides is 1. The van der Waals surface area contributed by atoms with Crippen molar-refractivity contribution in [1.29, 1.82) is 0 Å². The minimum Gasteiger partial charge on any atom is -0.468 e. The number of hydrogen-bond donors (Lipinski definition) is 1. The number of fused-ring (bicyclic) bond motifs is 1. The van der Waals surface area contributed by atoms with Crippen LogP contribution in [-0.4, -0.2) is 35.4 Å². The number of para-hydroxylation sites is 1. The molecule has 1 saturated heterocycles. The topological polar surface area (TPSA) is 58.4 Å². The second-order valence-electron chi connectivity index (χ2n) is 7.71. The summed E-state index contributed by atoms with van der Waals surface area (Å²) in [5.74, 6) is 1.07. The minimum absolute atomic E-state index is 0.128. The van der Waals surface area contributed by atoms with Crippen molar-refractivity contribution in [3.8, 4) is 0 Å². The Morgan fingerprint density at radius 1 is 1.14 bits per heavy atom. The van der Waals surface area contributed by atoms with E-state index in [1.165, 1.54) is 24.0 Å². The molecule has 1 aliphatic rings. The number of aryl methyl sites for hydroxylation is 1. The molecule has 0 spiro atoms. The maximum atomic E-state index is 12.4. The van der Waals surface area contributed by atoms with Gasteiger partial charge in [-0.2, -0.15) is 0 Å². The maximum Gasteiger partial charge on any atom is 0.220 e. The van der Waals surface area contributed by atoms with Crippen molar-refractivity contribution in [3.05, 3.63) is 53.4 Å². The fourth-order valence-corrected chi connectivity index (χ4v) is 5.02. The number of benzene rings is 1. The molecule has 0 aliphatic carbocycles. The third-order valence-corrected chi connectivity index (χ3v) is 6.67. The van der Waals surface area contributed by atoms with Crippen LogP contribution >= 0.6 is 11.3 Å². The lowest BCUT2D eigenvalue weighted by Crippen LogP contribution is -2.40. The second kappa shape index (κ2) is 10.0. The van der Waals surface area contributed by atoms with Gasteiger partial charge in [0.25, 0.3) is 0 Å². The SMILES string of the molecule is O=C(CCCCc1nc2ccccc2s1)NCC(c1ccco1)N1CCCCC1. The first-order chi connectivity index (χ1) is 14.3. The number of likely N-dealkylation sites (tertiary alicyclic amines) is 1. The Kier molecular flexibility index (Phi) is 6.96. The minimum atomic E-state index is 0.128. The number of nitrogens with zero attached hydrogens (tertiary/aromatic N) is 2. The Morgan fingerprint density at radius 3 is 2.79 bits per heavy atom. The lowest BCUT2D eigenvalue weighted by atomic mass is 10.1. The fourth-order valence-electron chi connectivity index (χ4n) is 4.01. The van der Waals surface area contributed by atoms with Crippen molar-refractivity contribution in [1.82, 2.24) is 15.2 Å².